The van der Waals surface area contributed by atoms with Gasteiger partial charge in [0.1, 0.15) is 35.9 Å². The third-order valence-electron chi connectivity index (χ3n) is 8.36. The summed E-state index contributed by atoms with van der Waals surface area (Å²) < 4.78 is 14.2. The maximum atomic E-state index is 11.9. The summed E-state index contributed by atoms with van der Waals surface area (Å²) in [6.07, 6.45) is 12.1. The Morgan fingerprint density at radius 2 is 1.68 bits per heavy atom. The molecule has 0 atom stereocenters. The van der Waals surface area contributed by atoms with E-state index in [2.05, 4.69) is 36.9 Å². The Labute approximate surface area is 310 Å². The smallest absolute Gasteiger partial charge is 0.333 e. The van der Waals surface area contributed by atoms with Crippen LogP contribution >= 0.6 is 0 Å². The third-order valence-corrected chi connectivity index (χ3v) is 8.36. The van der Waals surface area contributed by atoms with E-state index in [1.54, 1.807) is 0 Å². The molecule has 10 nitrogen and oxygen atoms in total. The molecule has 0 bridgehead atoms. The number of allylic oxidation sites excluding steroid dienone is 4. The quantitative estimate of drug-likeness (QED) is 0.0805. The van der Waals surface area contributed by atoms with Gasteiger partial charge in [-0.1, -0.05) is 24.3 Å². The van der Waals surface area contributed by atoms with Crippen molar-refractivity contribution in [1.29, 1.82) is 5.26 Å². The first-order chi connectivity index (χ1) is 23.8. The number of carbonyl (C=O) groups is 3. The summed E-state index contributed by atoms with van der Waals surface area (Å²) in [5, 5.41) is 10.8. The van der Waals surface area contributed by atoms with E-state index >= 15 is 0 Å². The number of aromatic nitrogens is 1. The molecule has 1 fully saturated rings. The molecule has 0 N–H and O–H groups in total. The van der Waals surface area contributed by atoms with Crippen molar-refractivity contribution in [3.05, 3.63) is 102 Å². The van der Waals surface area contributed by atoms with Crippen LogP contribution in [0.25, 0.3) is 17.2 Å². The first kappa shape index (κ1) is 37.9. The maximum absolute atomic E-state index is 11.9. The number of ether oxygens (including phenoxy) is 2. The van der Waals surface area contributed by atoms with Gasteiger partial charge < -0.3 is 43.2 Å². The zero-order valence-electron chi connectivity index (χ0n) is 28.6. The highest BCUT2D eigenvalue weighted by atomic mass is 127. The number of nitriles is 1. The molecule has 3 heterocycles. The maximum Gasteiger partial charge on any atom is 0.333 e. The van der Waals surface area contributed by atoms with E-state index in [9.17, 15) is 19.6 Å². The van der Waals surface area contributed by atoms with Crippen LogP contribution in [-0.2, 0) is 26.3 Å². The highest BCUT2D eigenvalue weighted by Gasteiger charge is 2.32. The lowest BCUT2D eigenvalue weighted by Crippen LogP contribution is -3.00. The van der Waals surface area contributed by atoms with Gasteiger partial charge in [-0.3, -0.25) is 9.59 Å². The van der Waals surface area contributed by atoms with Gasteiger partial charge in [0.05, 0.1) is 6.61 Å². The van der Waals surface area contributed by atoms with Crippen molar-refractivity contribution >= 4 is 40.7 Å². The molecule has 260 valence electrons. The number of aryl methyl sites for hydroxylation is 1. The van der Waals surface area contributed by atoms with Gasteiger partial charge in [0, 0.05) is 67.4 Å². The van der Waals surface area contributed by atoms with Crippen LogP contribution in [-0.4, -0.2) is 42.5 Å². The molecule has 2 aliphatic heterocycles. The summed E-state index contributed by atoms with van der Waals surface area (Å²) in [6.45, 7) is 6.47. The second-order valence-corrected chi connectivity index (χ2v) is 11.8. The predicted molar refractivity (Wildman–Crippen MR) is 185 cm³/mol. The van der Waals surface area contributed by atoms with Gasteiger partial charge in [-0.25, -0.2) is 9.36 Å². The number of imide groups is 1. The molecule has 11 heteroatoms. The van der Waals surface area contributed by atoms with Crippen LogP contribution in [0.4, 0.5) is 5.69 Å². The molecule has 2 aliphatic rings. The van der Waals surface area contributed by atoms with Gasteiger partial charge in [-0.15, -0.1) is 5.06 Å². The molecule has 1 aromatic heterocycles. The molecule has 1 saturated heterocycles. The Kier molecular flexibility index (Phi) is 13.7. The van der Waals surface area contributed by atoms with Crippen molar-refractivity contribution in [1.82, 2.24) is 5.06 Å². The fourth-order valence-electron chi connectivity index (χ4n) is 5.58. The lowest BCUT2D eigenvalue weighted by molar-refractivity contribution is -0.671. The Morgan fingerprint density at radius 3 is 2.34 bits per heavy atom. The molecule has 2 amide bonds. The van der Waals surface area contributed by atoms with Gasteiger partial charge in [0.25, 0.3) is 11.8 Å². The van der Waals surface area contributed by atoms with Crippen LogP contribution in [0.15, 0.2) is 84.9 Å². The zero-order chi connectivity index (χ0) is 34.8. The van der Waals surface area contributed by atoms with E-state index in [0.29, 0.717) is 35.2 Å². The molecule has 0 spiro atoms. The van der Waals surface area contributed by atoms with Crippen LogP contribution in [0.3, 0.4) is 0 Å². The Hall–Kier alpha value is -4.96. The number of fused-ring (bicyclic) bond motifs is 1. The van der Waals surface area contributed by atoms with E-state index < -0.39 is 17.8 Å². The van der Waals surface area contributed by atoms with E-state index in [-0.39, 0.29) is 43.2 Å². The minimum absolute atomic E-state index is 0. The van der Waals surface area contributed by atoms with Crippen molar-refractivity contribution in [2.45, 2.75) is 52.4 Å². The summed E-state index contributed by atoms with van der Waals surface area (Å²) in [4.78, 5) is 42.3. The number of rotatable bonds is 14. The number of halogens is 1. The molecule has 0 aliphatic carbocycles. The van der Waals surface area contributed by atoms with Crippen molar-refractivity contribution in [3.8, 4) is 17.6 Å². The van der Waals surface area contributed by atoms with Gasteiger partial charge in [0.15, 0.2) is 12.4 Å². The fourth-order valence-corrected chi connectivity index (χ4v) is 5.58. The van der Waals surface area contributed by atoms with Crippen molar-refractivity contribution in [3.63, 3.8) is 0 Å². The summed E-state index contributed by atoms with van der Waals surface area (Å²) >= 11 is 0. The summed E-state index contributed by atoms with van der Waals surface area (Å²) in [5.41, 5.74) is 5.16. The molecule has 2 aromatic carbocycles. The Morgan fingerprint density at radius 1 is 0.980 bits per heavy atom. The van der Waals surface area contributed by atoms with Crippen molar-refractivity contribution in [2.24, 2.45) is 7.05 Å². The lowest BCUT2D eigenvalue weighted by Gasteiger charge is -2.25. The molecule has 5 rings (SSSR count). The van der Waals surface area contributed by atoms with Crippen LogP contribution in [0.2, 0.25) is 0 Å². The molecule has 3 aromatic rings. The zero-order valence-corrected chi connectivity index (χ0v) is 30.7. The average molecular weight is 789 g/mol. The molecular weight excluding hydrogens is 747 g/mol. The monoisotopic (exact) mass is 788 g/mol. The number of hydrogen-bond acceptors (Lipinski definition) is 8. The third kappa shape index (κ3) is 9.59. The summed E-state index contributed by atoms with van der Waals surface area (Å²) in [7, 11) is 1.93. The van der Waals surface area contributed by atoms with Gasteiger partial charge in [0.2, 0.25) is 0 Å². The van der Waals surface area contributed by atoms with Gasteiger partial charge in [-0.2, -0.15) is 5.26 Å². The Bertz CT molecular complexity index is 1810. The fraction of sp³-hybridized carbons (Fsp3) is 0.308. The van der Waals surface area contributed by atoms with E-state index in [4.69, 9.17) is 14.3 Å². The number of anilines is 1. The van der Waals surface area contributed by atoms with E-state index in [1.807, 2.05) is 84.7 Å². The van der Waals surface area contributed by atoms with Crippen molar-refractivity contribution in [2.75, 3.05) is 24.6 Å². The van der Waals surface area contributed by atoms with Crippen LogP contribution in [0.5, 0.6) is 11.5 Å². The number of nitrogens with zero attached hydrogens (tertiary/aromatic N) is 4. The van der Waals surface area contributed by atoms with Gasteiger partial charge in [-0.05, 0) is 74.6 Å². The van der Waals surface area contributed by atoms with Crippen LogP contribution in [0.1, 0.15) is 69.1 Å². The molecule has 50 heavy (non-hydrogen) atoms. The minimum Gasteiger partial charge on any atom is -1.00 e. The number of hydroxylamine groups is 2. The second kappa shape index (κ2) is 18.2. The van der Waals surface area contributed by atoms with Gasteiger partial charge >= 0.3 is 5.97 Å². The van der Waals surface area contributed by atoms with Crippen molar-refractivity contribution < 1.29 is 57.2 Å². The van der Waals surface area contributed by atoms with Crippen LogP contribution in [0, 0.1) is 11.3 Å². The molecular formula is C39H41IN4O6. The highest BCUT2D eigenvalue weighted by Crippen LogP contribution is 2.39. The number of carbonyl (C=O) groups excluding carboxylic acids is 3. The SMILES string of the molecule is CCN(CC)c1ccc2c(c1)O/C(=C(/C#N)c1cc[n+](C)cc1)C=C2/C=C/c1ccc(OCCCCCC(=O)ON2C(=O)CCC2=O)cc1.[I-]. The van der Waals surface area contributed by atoms with E-state index in [1.165, 1.54) is 0 Å². The number of unbranched alkanes of at least 4 members (excludes halogenated alkanes) is 2. The number of hydrogen-bond donors (Lipinski definition) is 0. The number of amides is 2. The molecule has 0 saturated carbocycles. The Balaban J connectivity index is 0.00000562. The first-order valence-corrected chi connectivity index (χ1v) is 16.7. The first-order valence-electron chi connectivity index (χ1n) is 16.7. The molecule has 0 unspecified atom stereocenters. The number of pyridine rings is 1. The standard InChI is InChI=1S/C39H41N4O6.HI/c1-4-42(5-2)31-14-17-33-30(25-35(48-36(33)26-31)34(27-40)29-20-22-41(3)23-21-29)13-10-28-11-15-32(16-12-28)47-24-8-6-7-9-39(46)49-43-37(44)18-19-38(43)45;/h10-17,20-23,25-26H,4-9,18-19,24H2,1-3H3;1H/q+1;/p-1/b13-10+;. The lowest BCUT2D eigenvalue weighted by atomic mass is 9.97. The highest BCUT2D eigenvalue weighted by molar-refractivity contribution is 6.01. The number of benzene rings is 2. The summed E-state index contributed by atoms with van der Waals surface area (Å²) in [6, 6.07) is 20.2. The second-order valence-electron chi connectivity index (χ2n) is 11.8. The largest absolute Gasteiger partial charge is 1.00 e. The average Bonchev–Trinajstić information content (AvgIpc) is 3.42. The minimum atomic E-state index is -0.583. The predicted octanol–water partition coefficient (Wildman–Crippen LogP) is 3.33. The topological polar surface area (TPSA) is 113 Å². The van der Waals surface area contributed by atoms with E-state index in [0.717, 1.165) is 59.6 Å². The van der Waals surface area contributed by atoms with Crippen LogP contribution < -0.4 is 42.9 Å². The summed E-state index contributed by atoms with van der Waals surface area (Å²) in [5.74, 6) is 0.406. The normalized spacial score (nSPS) is 14.7. The molecule has 0 radical (unpaired) electrons.